The van der Waals surface area contributed by atoms with Crippen molar-refractivity contribution in [3.63, 3.8) is 0 Å². The summed E-state index contributed by atoms with van der Waals surface area (Å²) in [5.74, 6) is -5.35. The van der Waals surface area contributed by atoms with E-state index in [1.165, 1.54) is 29.3 Å². The predicted molar refractivity (Wildman–Crippen MR) is 80.0 cm³/mol. The number of rotatable bonds is 3. The third-order valence-electron chi connectivity index (χ3n) is 4.27. The van der Waals surface area contributed by atoms with E-state index in [-0.39, 0.29) is 29.9 Å². The number of carbonyl (C=O) groups excluding carboxylic acids is 1. The summed E-state index contributed by atoms with van der Waals surface area (Å²) in [7, 11) is 0. The van der Waals surface area contributed by atoms with Crippen molar-refractivity contribution in [2.45, 2.75) is 12.3 Å². The van der Waals surface area contributed by atoms with Gasteiger partial charge in [-0.15, -0.1) is 0 Å². The molecule has 1 saturated heterocycles. The molecular formula is C16H16F3N3O2. The van der Waals surface area contributed by atoms with E-state index >= 15 is 0 Å². The number of aromatic amines is 1. The molecule has 5 nitrogen and oxygen atoms in total. The lowest BCUT2D eigenvalue weighted by Gasteiger charge is -2.37. The van der Waals surface area contributed by atoms with Gasteiger partial charge in [-0.2, -0.15) is 5.10 Å². The van der Waals surface area contributed by atoms with E-state index < -0.39 is 36.6 Å². The number of aromatic nitrogens is 2. The summed E-state index contributed by atoms with van der Waals surface area (Å²) >= 11 is 0. The van der Waals surface area contributed by atoms with Gasteiger partial charge < -0.3 is 10.0 Å². The minimum Gasteiger partial charge on any atom is -0.396 e. The SMILES string of the molecule is O=C(c1cn[nH]c1-c1ccccc1F)N1CCC(F)(F)[C@H](CO)C1. The van der Waals surface area contributed by atoms with Crippen LogP contribution in [0.3, 0.4) is 0 Å². The highest BCUT2D eigenvalue weighted by molar-refractivity contribution is 5.99. The van der Waals surface area contributed by atoms with Crippen LogP contribution in [0, 0.1) is 11.7 Å². The molecule has 0 saturated carbocycles. The molecule has 0 radical (unpaired) electrons. The number of nitrogens with zero attached hydrogens (tertiary/aromatic N) is 2. The smallest absolute Gasteiger partial charge is 0.257 e. The lowest BCUT2D eigenvalue weighted by atomic mass is 9.93. The molecule has 3 rings (SSSR count). The van der Waals surface area contributed by atoms with Gasteiger partial charge in [0, 0.05) is 25.1 Å². The molecule has 0 bridgehead atoms. The summed E-state index contributed by atoms with van der Waals surface area (Å²) < 4.78 is 41.3. The molecule has 2 N–H and O–H groups in total. The number of carbonyl (C=O) groups is 1. The fraction of sp³-hybridized carbons (Fsp3) is 0.375. The first kappa shape index (κ1) is 16.5. The molecule has 128 valence electrons. The number of likely N-dealkylation sites (tertiary alicyclic amines) is 1. The molecule has 0 unspecified atom stereocenters. The van der Waals surface area contributed by atoms with Gasteiger partial charge in [-0.3, -0.25) is 9.89 Å². The summed E-state index contributed by atoms with van der Waals surface area (Å²) in [5, 5.41) is 15.5. The Hall–Kier alpha value is -2.35. The number of halogens is 3. The van der Waals surface area contributed by atoms with Gasteiger partial charge in [-0.25, -0.2) is 13.2 Å². The lowest BCUT2D eigenvalue weighted by Crippen LogP contribution is -2.50. The molecule has 1 aliphatic rings. The van der Waals surface area contributed by atoms with Crippen molar-refractivity contribution in [2.75, 3.05) is 19.7 Å². The Labute approximate surface area is 136 Å². The zero-order valence-electron chi connectivity index (χ0n) is 12.7. The number of benzene rings is 1. The predicted octanol–water partition coefficient (Wildman–Crippen LogP) is 2.31. The van der Waals surface area contributed by atoms with Crippen molar-refractivity contribution in [3.8, 4) is 11.3 Å². The first-order valence-corrected chi connectivity index (χ1v) is 7.50. The average Bonchev–Trinajstić information content (AvgIpc) is 3.04. The largest absolute Gasteiger partial charge is 0.396 e. The van der Waals surface area contributed by atoms with Crippen LogP contribution in [0.1, 0.15) is 16.8 Å². The van der Waals surface area contributed by atoms with E-state index in [9.17, 15) is 18.0 Å². The second-order valence-corrected chi connectivity index (χ2v) is 5.78. The van der Waals surface area contributed by atoms with Crippen molar-refractivity contribution in [1.82, 2.24) is 15.1 Å². The van der Waals surface area contributed by atoms with Crippen LogP contribution in [-0.4, -0.2) is 51.7 Å². The lowest BCUT2D eigenvalue weighted by molar-refractivity contribution is -0.113. The van der Waals surface area contributed by atoms with Crippen molar-refractivity contribution in [3.05, 3.63) is 41.8 Å². The van der Waals surface area contributed by atoms with Crippen LogP contribution in [-0.2, 0) is 0 Å². The Bertz CT molecular complexity index is 748. The van der Waals surface area contributed by atoms with Gasteiger partial charge in [0.15, 0.2) is 0 Å². The Kier molecular flexibility index (Phi) is 4.31. The minimum atomic E-state index is -3.00. The molecule has 24 heavy (non-hydrogen) atoms. The van der Waals surface area contributed by atoms with E-state index in [1.54, 1.807) is 6.07 Å². The average molecular weight is 339 g/mol. The number of piperidine rings is 1. The summed E-state index contributed by atoms with van der Waals surface area (Å²) in [4.78, 5) is 13.9. The van der Waals surface area contributed by atoms with E-state index in [0.717, 1.165) is 0 Å². The van der Waals surface area contributed by atoms with Crippen molar-refractivity contribution < 1.29 is 23.1 Å². The zero-order chi connectivity index (χ0) is 17.3. The number of nitrogens with one attached hydrogen (secondary N) is 1. The third-order valence-corrected chi connectivity index (χ3v) is 4.27. The summed E-state index contributed by atoms with van der Waals surface area (Å²) in [6, 6.07) is 5.90. The highest BCUT2D eigenvalue weighted by Gasteiger charge is 2.45. The van der Waals surface area contributed by atoms with Gasteiger partial charge in [-0.1, -0.05) is 12.1 Å². The highest BCUT2D eigenvalue weighted by atomic mass is 19.3. The quantitative estimate of drug-likeness (QED) is 0.902. The minimum absolute atomic E-state index is 0.113. The van der Waals surface area contributed by atoms with Crippen molar-refractivity contribution >= 4 is 5.91 Å². The van der Waals surface area contributed by atoms with Crippen LogP contribution in [0.5, 0.6) is 0 Å². The molecule has 2 aromatic rings. The number of hydrogen-bond donors (Lipinski definition) is 2. The van der Waals surface area contributed by atoms with Crippen LogP contribution in [0.2, 0.25) is 0 Å². The number of alkyl halides is 2. The maximum atomic E-state index is 14.0. The van der Waals surface area contributed by atoms with Gasteiger partial charge >= 0.3 is 0 Å². The molecule has 1 aromatic heterocycles. The third kappa shape index (κ3) is 2.89. The number of H-pyrrole nitrogens is 1. The van der Waals surface area contributed by atoms with E-state index in [2.05, 4.69) is 10.2 Å². The van der Waals surface area contributed by atoms with Gasteiger partial charge in [0.1, 0.15) is 5.82 Å². The number of aliphatic hydroxyl groups is 1. The monoisotopic (exact) mass is 339 g/mol. The van der Waals surface area contributed by atoms with Crippen LogP contribution < -0.4 is 0 Å². The molecule has 1 aliphatic heterocycles. The molecule has 1 atom stereocenters. The fourth-order valence-corrected chi connectivity index (χ4v) is 2.84. The second kappa shape index (κ2) is 6.27. The maximum Gasteiger partial charge on any atom is 0.257 e. The van der Waals surface area contributed by atoms with Crippen molar-refractivity contribution in [1.29, 1.82) is 0 Å². The molecule has 0 aliphatic carbocycles. The van der Waals surface area contributed by atoms with Crippen LogP contribution in [0.25, 0.3) is 11.3 Å². The van der Waals surface area contributed by atoms with Crippen molar-refractivity contribution in [2.24, 2.45) is 5.92 Å². The van der Waals surface area contributed by atoms with Crippen LogP contribution >= 0.6 is 0 Å². The molecule has 2 heterocycles. The summed E-state index contributed by atoms with van der Waals surface area (Å²) in [6.07, 6.45) is 0.738. The Morgan fingerprint density at radius 3 is 2.88 bits per heavy atom. The Morgan fingerprint density at radius 1 is 1.42 bits per heavy atom. The van der Waals surface area contributed by atoms with Gasteiger partial charge in [0.25, 0.3) is 11.8 Å². The Morgan fingerprint density at radius 2 is 2.17 bits per heavy atom. The fourth-order valence-electron chi connectivity index (χ4n) is 2.84. The summed E-state index contributed by atoms with van der Waals surface area (Å²) in [6.45, 7) is -1.10. The summed E-state index contributed by atoms with van der Waals surface area (Å²) in [5.41, 5.74) is 0.498. The molecule has 0 spiro atoms. The number of amides is 1. The second-order valence-electron chi connectivity index (χ2n) is 5.78. The van der Waals surface area contributed by atoms with Gasteiger partial charge in [0.2, 0.25) is 0 Å². The topological polar surface area (TPSA) is 69.2 Å². The van der Waals surface area contributed by atoms with Crippen LogP contribution in [0.4, 0.5) is 13.2 Å². The molecule has 8 heteroatoms. The number of aliphatic hydroxyl groups excluding tert-OH is 1. The van der Waals surface area contributed by atoms with E-state index in [1.807, 2.05) is 0 Å². The first-order chi connectivity index (χ1) is 11.4. The van der Waals surface area contributed by atoms with E-state index in [4.69, 9.17) is 5.11 Å². The highest BCUT2D eigenvalue weighted by Crippen LogP contribution is 2.34. The molecule has 1 aromatic carbocycles. The normalized spacial score (nSPS) is 20.2. The van der Waals surface area contributed by atoms with E-state index in [0.29, 0.717) is 0 Å². The number of hydrogen-bond acceptors (Lipinski definition) is 3. The maximum absolute atomic E-state index is 14.0. The standard InChI is InChI=1S/C16H16F3N3O2/c17-13-4-2-1-3-11(13)14-12(7-20-21-14)15(24)22-6-5-16(18,19)10(8-22)9-23/h1-4,7,10,23H,5-6,8-9H2,(H,20,21)/t10-/m0/s1. The Balaban J connectivity index is 1.88. The first-order valence-electron chi connectivity index (χ1n) is 7.50. The molecule has 1 amide bonds. The van der Waals surface area contributed by atoms with Crippen LogP contribution in [0.15, 0.2) is 30.5 Å². The van der Waals surface area contributed by atoms with Gasteiger partial charge in [0.05, 0.1) is 30.0 Å². The zero-order valence-corrected chi connectivity index (χ0v) is 12.7. The molecular weight excluding hydrogens is 323 g/mol. The molecule has 1 fully saturated rings. The van der Waals surface area contributed by atoms with Gasteiger partial charge in [-0.05, 0) is 12.1 Å².